The fourth-order valence-electron chi connectivity index (χ4n) is 6.32. The highest BCUT2D eigenvalue weighted by Gasteiger charge is 2.66. The van der Waals surface area contributed by atoms with Crippen molar-refractivity contribution in [3.05, 3.63) is 71.9 Å². The number of H-pyrrole nitrogens is 1. The second kappa shape index (κ2) is 7.32. The Morgan fingerprint density at radius 1 is 1.17 bits per heavy atom. The highest BCUT2D eigenvalue weighted by Crippen LogP contribution is 2.63. The van der Waals surface area contributed by atoms with Crippen molar-refractivity contribution in [2.24, 2.45) is 17.6 Å². The summed E-state index contributed by atoms with van der Waals surface area (Å²) in [6, 6.07) is 13.1. The van der Waals surface area contributed by atoms with E-state index in [2.05, 4.69) is 20.2 Å². The fraction of sp³-hybridized carbons (Fsp3) is 0.308. The number of aromatic amines is 1. The molecule has 1 saturated carbocycles. The van der Waals surface area contributed by atoms with E-state index in [9.17, 15) is 4.39 Å². The van der Waals surface area contributed by atoms with E-state index >= 15 is 0 Å². The van der Waals surface area contributed by atoms with Crippen LogP contribution in [0.2, 0.25) is 0 Å². The highest BCUT2D eigenvalue weighted by molar-refractivity contribution is 5.93. The fourth-order valence-corrected chi connectivity index (χ4v) is 6.32. The Bertz CT molecular complexity index is 1590. The molecule has 4 aromatic heterocycles. The first-order valence-corrected chi connectivity index (χ1v) is 12.0. The number of fused-ring (bicyclic) bond motifs is 3. The molecule has 176 valence electrons. The van der Waals surface area contributed by atoms with Crippen LogP contribution in [0.5, 0.6) is 0 Å². The number of hydrogen-bond donors (Lipinski definition) is 2. The van der Waals surface area contributed by atoms with E-state index in [1.165, 1.54) is 6.07 Å². The quantitative estimate of drug-likeness (QED) is 0.419. The zero-order valence-electron chi connectivity index (χ0n) is 19.3. The van der Waals surface area contributed by atoms with Crippen LogP contribution in [-0.4, -0.2) is 49.4 Å². The van der Waals surface area contributed by atoms with E-state index in [1.807, 2.05) is 48.0 Å². The molecule has 7 rings (SSSR count). The minimum absolute atomic E-state index is 0.159. The average Bonchev–Trinajstić information content (AvgIpc) is 3.20. The average molecular weight is 469 g/mol. The number of pyridine rings is 1. The number of rotatable bonds is 4. The summed E-state index contributed by atoms with van der Waals surface area (Å²) in [5.74, 6) is 1.34. The molecule has 0 radical (unpaired) electrons. The Morgan fingerprint density at radius 3 is 2.91 bits per heavy atom. The molecular formula is C26H25FN8. The highest BCUT2D eigenvalue weighted by atomic mass is 19.1. The Labute approximate surface area is 201 Å². The molecule has 5 aromatic rings. The third kappa shape index (κ3) is 2.81. The van der Waals surface area contributed by atoms with Gasteiger partial charge in [-0.15, -0.1) is 0 Å². The van der Waals surface area contributed by atoms with Crippen molar-refractivity contribution in [3.63, 3.8) is 0 Å². The summed E-state index contributed by atoms with van der Waals surface area (Å²) in [5, 5.41) is 12.0. The van der Waals surface area contributed by atoms with E-state index in [0.717, 1.165) is 58.9 Å². The van der Waals surface area contributed by atoms with Crippen molar-refractivity contribution < 1.29 is 4.39 Å². The predicted molar refractivity (Wildman–Crippen MR) is 132 cm³/mol. The van der Waals surface area contributed by atoms with Crippen LogP contribution in [0.3, 0.4) is 0 Å². The molecule has 8 nitrogen and oxygen atoms in total. The Kier molecular flexibility index (Phi) is 4.29. The van der Waals surface area contributed by atoms with Gasteiger partial charge in [0.1, 0.15) is 22.8 Å². The summed E-state index contributed by atoms with van der Waals surface area (Å²) < 4.78 is 16.6. The van der Waals surface area contributed by atoms with Gasteiger partial charge in [-0.05, 0) is 55.0 Å². The number of nitrogens with two attached hydrogens (primary N) is 1. The number of aromatic nitrogens is 6. The van der Waals surface area contributed by atoms with Crippen molar-refractivity contribution in [3.8, 4) is 11.3 Å². The van der Waals surface area contributed by atoms with Gasteiger partial charge in [-0.2, -0.15) is 10.2 Å². The normalized spacial score (nSPS) is 23.7. The summed E-state index contributed by atoms with van der Waals surface area (Å²) in [6.07, 6.45) is 4.56. The van der Waals surface area contributed by atoms with Gasteiger partial charge in [-0.1, -0.05) is 18.2 Å². The number of nitrogens with zero attached hydrogens (tertiary/aromatic N) is 6. The van der Waals surface area contributed by atoms with Crippen LogP contribution >= 0.6 is 0 Å². The molecule has 5 heterocycles. The molecule has 0 amide bonds. The van der Waals surface area contributed by atoms with E-state index in [1.54, 1.807) is 12.3 Å². The van der Waals surface area contributed by atoms with Crippen LogP contribution in [-0.2, 0) is 5.41 Å². The summed E-state index contributed by atoms with van der Waals surface area (Å²) in [4.78, 5) is 11.9. The van der Waals surface area contributed by atoms with Crippen LogP contribution in [0.1, 0.15) is 17.7 Å². The van der Waals surface area contributed by atoms with Gasteiger partial charge >= 0.3 is 0 Å². The zero-order valence-corrected chi connectivity index (χ0v) is 19.3. The third-order valence-corrected chi connectivity index (χ3v) is 8.12. The lowest BCUT2D eigenvalue weighted by Crippen LogP contribution is -2.32. The molecule has 0 unspecified atom stereocenters. The Hall–Kier alpha value is -3.85. The minimum Gasteiger partial charge on any atom is -0.355 e. The maximum Gasteiger partial charge on any atom is 0.177 e. The largest absolute Gasteiger partial charge is 0.355 e. The molecule has 2 aliphatic rings. The second-order valence-electron chi connectivity index (χ2n) is 9.69. The van der Waals surface area contributed by atoms with Crippen LogP contribution in [0, 0.1) is 24.6 Å². The van der Waals surface area contributed by atoms with Gasteiger partial charge in [0.05, 0.1) is 17.9 Å². The molecule has 3 atom stereocenters. The lowest BCUT2D eigenvalue weighted by molar-refractivity contribution is 0.533. The SMILES string of the molecule is Cc1ccc(-c2n[nH]c3nc(N4CC[C@@H]5[C@H](C4)[C@@]5(CN)c4ccccc4F)cnc23)c2ccnn12. The van der Waals surface area contributed by atoms with Crippen LogP contribution in [0.25, 0.3) is 27.9 Å². The predicted octanol–water partition coefficient (Wildman–Crippen LogP) is 3.47. The Morgan fingerprint density at radius 2 is 2.06 bits per heavy atom. The van der Waals surface area contributed by atoms with Crippen molar-refractivity contribution in [1.29, 1.82) is 0 Å². The molecule has 9 heteroatoms. The van der Waals surface area contributed by atoms with E-state index in [-0.39, 0.29) is 11.2 Å². The first-order valence-electron chi connectivity index (χ1n) is 12.0. The smallest absolute Gasteiger partial charge is 0.177 e. The van der Waals surface area contributed by atoms with E-state index < -0.39 is 0 Å². The second-order valence-corrected chi connectivity index (χ2v) is 9.69. The number of anilines is 1. The summed E-state index contributed by atoms with van der Waals surface area (Å²) in [5.41, 5.74) is 11.8. The number of piperidine rings is 1. The minimum atomic E-state index is -0.291. The van der Waals surface area contributed by atoms with Gasteiger partial charge < -0.3 is 10.6 Å². The first kappa shape index (κ1) is 20.5. The molecule has 0 spiro atoms. The van der Waals surface area contributed by atoms with Gasteiger partial charge in [-0.3, -0.25) is 5.10 Å². The number of benzene rings is 1. The van der Waals surface area contributed by atoms with Crippen LogP contribution in [0.4, 0.5) is 10.2 Å². The molecule has 35 heavy (non-hydrogen) atoms. The van der Waals surface area contributed by atoms with Crippen LogP contribution < -0.4 is 10.6 Å². The monoisotopic (exact) mass is 468 g/mol. The van der Waals surface area contributed by atoms with Gasteiger partial charge in [0, 0.05) is 36.3 Å². The van der Waals surface area contributed by atoms with Crippen molar-refractivity contribution in [1.82, 2.24) is 29.8 Å². The summed E-state index contributed by atoms with van der Waals surface area (Å²) in [7, 11) is 0. The van der Waals surface area contributed by atoms with Gasteiger partial charge in [-0.25, -0.2) is 18.9 Å². The molecule has 1 saturated heterocycles. The van der Waals surface area contributed by atoms with E-state index in [0.29, 0.717) is 24.0 Å². The standard InChI is InChI=1S/C26H25FN8/c1-15-6-7-16(21-8-10-30-35(15)21)23-24-25(33-32-23)31-22(12-29-24)34-11-9-17-19(13-34)26(17,14-28)18-4-2-3-5-20(18)27/h2-8,10,12,17,19H,9,11,13-14,28H2,1H3,(H,31,32,33)/t17-,19+,26-/m1/s1. The lowest BCUT2D eigenvalue weighted by Gasteiger charge is -2.26. The molecule has 2 fully saturated rings. The molecule has 0 bridgehead atoms. The Balaban J connectivity index is 1.21. The first-order chi connectivity index (χ1) is 17.1. The maximum atomic E-state index is 14.7. The third-order valence-electron chi connectivity index (χ3n) is 8.12. The van der Waals surface area contributed by atoms with Gasteiger partial charge in [0.25, 0.3) is 0 Å². The van der Waals surface area contributed by atoms with E-state index in [4.69, 9.17) is 15.7 Å². The van der Waals surface area contributed by atoms with Crippen molar-refractivity contribution in [2.45, 2.75) is 18.8 Å². The zero-order chi connectivity index (χ0) is 23.7. The summed E-state index contributed by atoms with van der Waals surface area (Å²) >= 11 is 0. The molecular weight excluding hydrogens is 443 g/mol. The van der Waals surface area contributed by atoms with Crippen LogP contribution in [0.15, 0.2) is 54.9 Å². The lowest BCUT2D eigenvalue weighted by atomic mass is 9.91. The number of hydrogen-bond acceptors (Lipinski definition) is 6. The van der Waals surface area contributed by atoms with Gasteiger partial charge in [0.15, 0.2) is 5.65 Å². The molecule has 1 aliphatic carbocycles. The topological polar surface area (TPSA) is 101 Å². The number of aryl methyl sites for hydroxylation is 1. The summed E-state index contributed by atoms with van der Waals surface area (Å²) in [6.45, 7) is 4.09. The molecule has 3 N–H and O–H groups in total. The molecule has 1 aliphatic heterocycles. The van der Waals surface area contributed by atoms with Gasteiger partial charge in [0.2, 0.25) is 0 Å². The molecule has 1 aromatic carbocycles. The maximum absolute atomic E-state index is 14.7. The number of halogens is 1. The van der Waals surface area contributed by atoms with Crippen molar-refractivity contribution in [2.75, 3.05) is 24.5 Å². The number of nitrogens with one attached hydrogen (secondary N) is 1. The van der Waals surface area contributed by atoms with Crippen molar-refractivity contribution >= 4 is 22.5 Å².